The van der Waals surface area contributed by atoms with Crippen LogP contribution >= 0.6 is 0 Å². The van der Waals surface area contributed by atoms with Crippen molar-refractivity contribution in [3.8, 4) is 17.1 Å². The monoisotopic (exact) mass is 375 g/mol. The molecule has 0 saturated carbocycles. The number of rotatable bonds is 4. The van der Waals surface area contributed by atoms with Crippen LogP contribution in [0.25, 0.3) is 17.1 Å². The second-order valence-electron chi connectivity index (χ2n) is 6.66. The van der Waals surface area contributed by atoms with E-state index in [1.807, 2.05) is 29.2 Å². The number of nitrogens with zero attached hydrogens (tertiary/aromatic N) is 7. The number of carbonyl (C=O) groups is 1. The lowest BCUT2D eigenvalue weighted by molar-refractivity contribution is -0.131. The van der Waals surface area contributed by atoms with Crippen LogP contribution in [0.2, 0.25) is 0 Å². The summed E-state index contributed by atoms with van der Waals surface area (Å²) in [6, 6.07) is 7.66. The molecule has 0 bridgehead atoms. The van der Waals surface area contributed by atoms with E-state index in [1.54, 1.807) is 17.1 Å². The Bertz CT molecular complexity index is 1080. The lowest BCUT2D eigenvalue weighted by Crippen LogP contribution is -2.37. The van der Waals surface area contributed by atoms with Crippen LogP contribution in [-0.4, -0.2) is 57.7 Å². The molecular formula is C18H17N9O. The van der Waals surface area contributed by atoms with Crippen molar-refractivity contribution in [3.63, 3.8) is 0 Å². The fraction of sp³-hybridized carbons (Fsp3) is 0.222. The summed E-state index contributed by atoms with van der Waals surface area (Å²) in [7, 11) is 0. The number of carbonyl (C=O) groups excluding carboxylic acids is 1. The third-order valence-corrected chi connectivity index (χ3v) is 4.86. The summed E-state index contributed by atoms with van der Waals surface area (Å²) in [5.41, 5.74) is 4.73. The summed E-state index contributed by atoms with van der Waals surface area (Å²) >= 11 is 0. The van der Waals surface area contributed by atoms with Crippen molar-refractivity contribution < 1.29 is 4.79 Å². The van der Waals surface area contributed by atoms with E-state index >= 15 is 0 Å². The Morgan fingerprint density at radius 3 is 2.86 bits per heavy atom. The van der Waals surface area contributed by atoms with Crippen LogP contribution in [0.15, 0.2) is 43.0 Å². The molecule has 0 aliphatic carbocycles. The maximum absolute atomic E-state index is 12.8. The third-order valence-electron chi connectivity index (χ3n) is 4.86. The molecule has 5 rings (SSSR count). The zero-order chi connectivity index (χ0) is 18.9. The van der Waals surface area contributed by atoms with E-state index < -0.39 is 0 Å². The number of amides is 1. The van der Waals surface area contributed by atoms with Gasteiger partial charge in [0, 0.05) is 19.2 Å². The molecule has 10 nitrogen and oxygen atoms in total. The minimum Gasteiger partial charge on any atom is -0.340 e. The van der Waals surface area contributed by atoms with Crippen molar-refractivity contribution >= 4 is 5.91 Å². The van der Waals surface area contributed by atoms with Crippen molar-refractivity contribution in [2.24, 2.45) is 0 Å². The van der Waals surface area contributed by atoms with Crippen LogP contribution in [0, 0.1) is 0 Å². The standard InChI is InChI=1S/C18H17N9O/c28-17(7-12-1-3-14(4-2-12)27-11-21-24-25-27)26-6-5-15-16(10-26)23-18(22-15)13-8-19-20-9-13/h1-4,8-9,11H,5-7,10H2,(H,19,20)(H,22,23). The first-order valence-electron chi connectivity index (χ1n) is 8.93. The van der Waals surface area contributed by atoms with Gasteiger partial charge >= 0.3 is 0 Å². The summed E-state index contributed by atoms with van der Waals surface area (Å²) < 4.78 is 1.58. The number of tetrazole rings is 1. The highest BCUT2D eigenvalue weighted by atomic mass is 16.2. The predicted molar refractivity (Wildman–Crippen MR) is 98.1 cm³/mol. The van der Waals surface area contributed by atoms with E-state index in [0.717, 1.165) is 40.4 Å². The second-order valence-corrected chi connectivity index (χ2v) is 6.66. The zero-order valence-electron chi connectivity index (χ0n) is 14.9. The van der Waals surface area contributed by atoms with Gasteiger partial charge in [-0.05, 0) is 28.1 Å². The van der Waals surface area contributed by atoms with Crippen LogP contribution in [-0.2, 0) is 24.2 Å². The summed E-state index contributed by atoms with van der Waals surface area (Å²) in [5.74, 6) is 0.881. The van der Waals surface area contributed by atoms with Gasteiger partial charge in [0.05, 0.1) is 41.8 Å². The van der Waals surface area contributed by atoms with Crippen LogP contribution in [0.5, 0.6) is 0 Å². The molecule has 1 aliphatic rings. The number of imidazole rings is 1. The van der Waals surface area contributed by atoms with Gasteiger partial charge in [0.25, 0.3) is 0 Å². The highest BCUT2D eigenvalue weighted by Crippen LogP contribution is 2.22. The van der Waals surface area contributed by atoms with E-state index in [0.29, 0.717) is 19.5 Å². The summed E-state index contributed by atoms with van der Waals surface area (Å²) in [6.07, 6.45) is 6.16. The van der Waals surface area contributed by atoms with Gasteiger partial charge < -0.3 is 9.88 Å². The van der Waals surface area contributed by atoms with E-state index in [4.69, 9.17) is 0 Å². The maximum atomic E-state index is 12.8. The van der Waals surface area contributed by atoms with E-state index in [2.05, 4.69) is 35.7 Å². The number of nitrogens with one attached hydrogen (secondary N) is 2. The highest BCUT2D eigenvalue weighted by molar-refractivity contribution is 5.79. The molecule has 1 aromatic carbocycles. The minimum atomic E-state index is 0.0975. The summed E-state index contributed by atoms with van der Waals surface area (Å²) in [4.78, 5) is 22.6. The van der Waals surface area contributed by atoms with Gasteiger partial charge in [-0.3, -0.25) is 9.89 Å². The van der Waals surface area contributed by atoms with Crippen LogP contribution in [0.1, 0.15) is 17.0 Å². The average Bonchev–Trinajstić information content (AvgIpc) is 3.49. The van der Waals surface area contributed by atoms with Crippen LogP contribution in [0.3, 0.4) is 0 Å². The van der Waals surface area contributed by atoms with Crippen LogP contribution in [0.4, 0.5) is 0 Å². The summed E-state index contributed by atoms with van der Waals surface area (Å²) in [6.45, 7) is 1.21. The fourth-order valence-electron chi connectivity index (χ4n) is 3.36. The molecule has 0 saturated heterocycles. The number of aromatic nitrogens is 8. The Hall–Kier alpha value is -3.82. The molecule has 28 heavy (non-hydrogen) atoms. The zero-order valence-corrected chi connectivity index (χ0v) is 14.9. The molecule has 0 atom stereocenters. The van der Waals surface area contributed by atoms with Gasteiger partial charge in [0.15, 0.2) is 0 Å². The van der Waals surface area contributed by atoms with Gasteiger partial charge in [-0.1, -0.05) is 12.1 Å². The van der Waals surface area contributed by atoms with Gasteiger partial charge in [-0.15, -0.1) is 5.10 Å². The number of hydrogen-bond acceptors (Lipinski definition) is 6. The predicted octanol–water partition coefficient (Wildman–Crippen LogP) is 0.903. The Labute approximate surface area is 159 Å². The molecule has 0 fully saturated rings. The first kappa shape index (κ1) is 16.4. The van der Waals surface area contributed by atoms with Crippen LogP contribution < -0.4 is 0 Å². The molecule has 3 aromatic heterocycles. The van der Waals surface area contributed by atoms with Gasteiger partial charge in [0.2, 0.25) is 5.91 Å². The Morgan fingerprint density at radius 1 is 1.21 bits per heavy atom. The lowest BCUT2D eigenvalue weighted by atomic mass is 10.1. The lowest BCUT2D eigenvalue weighted by Gasteiger charge is -2.26. The smallest absolute Gasteiger partial charge is 0.227 e. The quantitative estimate of drug-likeness (QED) is 0.547. The number of aromatic amines is 2. The molecule has 1 aliphatic heterocycles. The molecule has 1 amide bonds. The Kier molecular flexibility index (Phi) is 3.93. The minimum absolute atomic E-state index is 0.0975. The molecule has 4 heterocycles. The Morgan fingerprint density at radius 2 is 2.11 bits per heavy atom. The van der Waals surface area contributed by atoms with Gasteiger partial charge in [-0.2, -0.15) is 5.10 Å². The largest absolute Gasteiger partial charge is 0.340 e. The van der Waals surface area contributed by atoms with E-state index in [9.17, 15) is 4.79 Å². The van der Waals surface area contributed by atoms with Gasteiger partial charge in [-0.25, -0.2) is 9.67 Å². The molecule has 4 aromatic rings. The molecule has 0 spiro atoms. The summed E-state index contributed by atoms with van der Waals surface area (Å²) in [5, 5.41) is 17.9. The van der Waals surface area contributed by atoms with Crippen molar-refractivity contribution in [1.82, 2.24) is 45.3 Å². The van der Waals surface area contributed by atoms with Crippen molar-refractivity contribution in [1.29, 1.82) is 0 Å². The average molecular weight is 375 g/mol. The second kappa shape index (κ2) is 6.72. The molecule has 2 N–H and O–H groups in total. The van der Waals surface area contributed by atoms with Crippen molar-refractivity contribution in [3.05, 3.63) is 59.9 Å². The molecular weight excluding hydrogens is 358 g/mol. The third kappa shape index (κ3) is 3.04. The first-order valence-corrected chi connectivity index (χ1v) is 8.93. The van der Waals surface area contributed by atoms with Gasteiger partial charge in [0.1, 0.15) is 12.2 Å². The number of hydrogen-bond donors (Lipinski definition) is 2. The number of fused-ring (bicyclic) bond motifs is 1. The number of benzene rings is 1. The Balaban J connectivity index is 1.26. The van der Waals surface area contributed by atoms with Crippen molar-refractivity contribution in [2.75, 3.05) is 6.54 Å². The topological polar surface area (TPSA) is 121 Å². The van der Waals surface area contributed by atoms with Crippen molar-refractivity contribution in [2.45, 2.75) is 19.4 Å². The SMILES string of the molecule is O=C(Cc1ccc(-n2cnnn2)cc1)N1CCc2nc(-c3cn[nH]c3)[nH]c2C1. The van der Waals surface area contributed by atoms with E-state index in [-0.39, 0.29) is 5.91 Å². The first-order chi connectivity index (χ1) is 13.8. The highest BCUT2D eigenvalue weighted by Gasteiger charge is 2.24. The molecule has 10 heteroatoms. The number of H-pyrrole nitrogens is 2. The molecule has 140 valence electrons. The normalized spacial score (nSPS) is 13.5. The fourth-order valence-corrected chi connectivity index (χ4v) is 3.36. The molecule has 0 unspecified atom stereocenters. The molecule has 0 radical (unpaired) electrons. The maximum Gasteiger partial charge on any atom is 0.227 e. The van der Waals surface area contributed by atoms with E-state index in [1.165, 1.54) is 6.33 Å².